The maximum atomic E-state index is 8.99. The Balaban J connectivity index is 0.000000605. The van der Waals surface area contributed by atoms with Crippen molar-refractivity contribution in [1.29, 1.82) is 0 Å². The number of fused-ring (bicyclic) bond motifs is 3. The summed E-state index contributed by atoms with van der Waals surface area (Å²) in [7, 11) is 0. The predicted molar refractivity (Wildman–Crippen MR) is 47.0 cm³/mol. The number of aliphatic hydroxyl groups is 1. The van der Waals surface area contributed by atoms with Crippen molar-refractivity contribution in [2.75, 3.05) is 26.2 Å². The Kier molecular flexibility index (Phi) is 3.16. The van der Waals surface area contributed by atoms with E-state index in [9.17, 15) is 0 Å². The molecule has 0 aromatic heterocycles. The van der Waals surface area contributed by atoms with Gasteiger partial charge in [-0.1, -0.05) is 0 Å². The Morgan fingerprint density at radius 2 is 1.91 bits per heavy atom. The molecule has 3 aliphatic heterocycles. The van der Waals surface area contributed by atoms with Crippen molar-refractivity contribution < 1.29 is 5.11 Å². The second kappa shape index (κ2) is 3.74. The molecule has 66 valence electrons. The number of halogens is 1. The Morgan fingerprint density at radius 3 is 2.18 bits per heavy atom. The zero-order valence-electron chi connectivity index (χ0n) is 6.70. The smallest absolute Gasteiger partial charge is 0.0474 e. The van der Waals surface area contributed by atoms with Crippen LogP contribution in [0, 0.1) is 11.8 Å². The van der Waals surface area contributed by atoms with Gasteiger partial charge in [0.1, 0.15) is 0 Å². The number of aliphatic hydroxyl groups excluding tert-OH is 1. The maximum absolute atomic E-state index is 8.99. The third kappa shape index (κ3) is 1.68. The largest absolute Gasteiger partial charge is 0.396 e. The molecule has 3 fully saturated rings. The van der Waals surface area contributed by atoms with Crippen molar-refractivity contribution >= 4 is 12.4 Å². The molecule has 0 spiro atoms. The molecule has 0 saturated carbocycles. The summed E-state index contributed by atoms with van der Waals surface area (Å²) in [4.78, 5) is 2.47. The van der Waals surface area contributed by atoms with Crippen LogP contribution in [-0.2, 0) is 0 Å². The van der Waals surface area contributed by atoms with Gasteiger partial charge in [-0.15, -0.1) is 12.4 Å². The van der Waals surface area contributed by atoms with Gasteiger partial charge in [0, 0.05) is 13.2 Å². The van der Waals surface area contributed by atoms with Crippen molar-refractivity contribution in [1.82, 2.24) is 4.90 Å². The van der Waals surface area contributed by atoms with E-state index in [1.54, 1.807) is 0 Å². The molecule has 0 aliphatic carbocycles. The summed E-state index contributed by atoms with van der Waals surface area (Å²) in [5.74, 6) is 1.44. The first kappa shape index (κ1) is 9.30. The van der Waals surface area contributed by atoms with Crippen molar-refractivity contribution in [3.8, 4) is 0 Å². The molecule has 3 rings (SSSR count). The maximum Gasteiger partial charge on any atom is 0.0474 e. The summed E-state index contributed by atoms with van der Waals surface area (Å²) in [6, 6.07) is 0. The van der Waals surface area contributed by atoms with Crippen LogP contribution in [0.3, 0.4) is 0 Å². The first-order valence-corrected chi connectivity index (χ1v) is 4.23. The topological polar surface area (TPSA) is 23.5 Å². The lowest BCUT2D eigenvalue weighted by Gasteiger charge is -2.44. The highest BCUT2D eigenvalue weighted by Crippen LogP contribution is 2.31. The van der Waals surface area contributed by atoms with Gasteiger partial charge in [-0.2, -0.15) is 0 Å². The molecule has 1 unspecified atom stereocenters. The second-order valence-electron chi connectivity index (χ2n) is 3.58. The van der Waals surface area contributed by atoms with E-state index in [1.807, 2.05) is 0 Å². The minimum absolute atomic E-state index is 0. The molecule has 0 amide bonds. The quantitative estimate of drug-likeness (QED) is 0.639. The molecule has 2 bridgehead atoms. The molecule has 11 heavy (non-hydrogen) atoms. The van der Waals surface area contributed by atoms with E-state index in [0.717, 1.165) is 12.5 Å². The van der Waals surface area contributed by atoms with Gasteiger partial charge in [0.2, 0.25) is 0 Å². The summed E-state index contributed by atoms with van der Waals surface area (Å²) in [5, 5.41) is 8.99. The minimum atomic E-state index is 0. The molecule has 3 heterocycles. The van der Waals surface area contributed by atoms with Gasteiger partial charge in [0.15, 0.2) is 0 Å². The zero-order valence-corrected chi connectivity index (χ0v) is 7.52. The van der Waals surface area contributed by atoms with E-state index >= 15 is 0 Å². The second-order valence-corrected chi connectivity index (χ2v) is 3.58. The van der Waals surface area contributed by atoms with Gasteiger partial charge in [-0.05, 0) is 37.8 Å². The van der Waals surface area contributed by atoms with E-state index in [4.69, 9.17) is 5.11 Å². The highest BCUT2D eigenvalue weighted by Gasteiger charge is 2.33. The molecule has 0 aromatic rings. The van der Waals surface area contributed by atoms with Crippen LogP contribution in [-0.4, -0.2) is 36.2 Å². The molecular formula is C8H16ClNO. The molecule has 2 nitrogen and oxygen atoms in total. The van der Waals surface area contributed by atoms with Gasteiger partial charge in [-0.25, -0.2) is 0 Å². The average Bonchev–Trinajstić information content (AvgIpc) is 2.06. The lowest BCUT2D eigenvalue weighted by atomic mass is 9.80. The van der Waals surface area contributed by atoms with Gasteiger partial charge in [0.05, 0.1) is 0 Å². The van der Waals surface area contributed by atoms with Crippen LogP contribution < -0.4 is 0 Å². The molecule has 3 heteroatoms. The fraction of sp³-hybridized carbons (Fsp3) is 1.00. The first-order valence-electron chi connectivity index (χ1n) is 4.23. The molecule has 1 atom stereocenters. The Hall–Kier alpha value is 0.210. The molecule has 0 radical (unpaired) electrons. The highest BCUT2D eigenvalue weighted by molar-refractivity contribution is 5.85. The Bertz CT molecular complexity index is 123. The summed E-state index contributed by atoms with van der Waals surface area (Å²) < 4.78 is 0. The fourth-order valence-corrected chi connectivity index (χ4v) is 2.29. The van der Waals surface area contributed by atoms with Crippen molar-refractivity contribution in [2.24, 2.45) is 11.8 Å². The van der Waals surface area contributed by atoms with E-state index in [0.29, 0.717) is 12.5 Å². The number of nitrogens with zero attached hydrogens (tertiary/aromatic N) is 1. The Morgan fingerprint density at radius 1 is 1.27 bits per heavy atom. The van der Waals surface area contributed by atoms with E-state index in [2.05, 4.69) is 4.90 Å². The zero-order chi connectivity index (χ0) is 6.97. The number of hydrogen-bond donors (Lipinski definition) is 1. The monoisotopic (exact) mass is 177 g/mol. The first-order chi connectivity index (χ1) is 4.90. The van der Waals surface area contributed by atoms with Crippen LogP contribution in [0.5, 0.6) is 0 Å². The minimum Gasteiger partial charge on any atom is -0.396 e. The summed E-state index contributed by atoms with van der Waals surface area (Å²) in [6.07, 6.45) is 2.65. The van der Waals surface area contributed by atoms with E-state index < -0.39 is 0 Å². The van der Waals surface area contributed by atoms with E-state index in [-0.39, 0.29) is 12.4 Å². The van der Waals surface area contributed by atoms with Crippen molar-refractivity contribution in [3.63, 3.8) is 0 Å². The van der Waals surface area contributed by atoms with Crippen LogP contribution in [0.1, 0.15) is 12.8 Å². The van der Waals surface area contributed by atoms with E-state index in [1.165, 1.54) is 25.9 Å². The van der Waals surface area contributed by atoms with Crippen LogP contribution >= 0.6 is 12.4 Å². The van der Waals surface area contributed by atoms with Crippen molar-refractivity contribution in [3.05, 3.63) is 0 Å². The predicted octanol–water partition coefficient (Wildman–Crippen LogP) is 0.742. The van der Waals surface area contributed by atoms with Crippen LogP contribution in [0.15, 0.2) is 0 Å². The molecular weight excluding hydrogens is 162 g/mol. The lowest BCUT2D eigenvalue weighted by molar-refractivity contribution is 0.0198. The van der Waals surface area contributed by atoms with Crippen molar-refractivity contribution in [2.45, 2.75) is 12.8 Å². The normalized spacial score (nSPS) is 41.7. The van der Waals surface area contributed by atoms with Gasteiger partial charge >= 0.3 is 0 Å². The van der Waals surface area contributed by atoms with Gasteiger partial charge < -0.3 is 10.0 Å². The highest BCUT2D eigenvalue weighted by atomic mass is 35.5. The third-order valence-electron chi connectivity index (χ3n) is 3.03. The number of hydrogen-bond acceptors (Lipinski definition) is 2. The summed E-state index contributed by atoms with van der Waals surface area (Å²) >= 11 is 0. The lowest BCUT2D eigenvalue weighted by Crippen LogP contribution is -2.48. The third-order valence-corrected chi connectivity index (χ3v) is 3.03. The van der Waals surface area contributed by atoms with Crippen LogP contribution in [0.25, 0.3) is 0 Å². The molecule has 3 aliphatic rings. The average molecular weight is 178 g/mol. The number of rotatable bonds is 1. The van der Waals surface area contributed by atoms with Crippen LogP contribution in [0.2, 0.25) is 0 Å². The summed E-state index contributed by atoms with van der Waals surface area (Å²) in [5.41, 5.74) is 0. The van der Waals surface area contributed by atoms with Gasteiger partial charge in [-0.3, -0.25) is 0 Å². The molecule has 3 saturated heterocycles. The SMILES string of the molecule is Cl.OCC1CN2CCC1CC2. The molecule has 0 aromatic carbocycles. The fourth-order valence-electron chi connectivity index (χ4n) is 2.29. The number of piperidine rings is 3. The van der Waals surface area contributed by atoms with Crippen LogP contribution in [0.4, 0.5) is 0 Å². The summed E-state index contributed by atoms with van der Waals surface area (Å²) in [6.45, 7) is 4.12. The van der Waals surface area contributed by atoms with Gasteiger partial charge in [0.25, 0.3) is 0 Å². The Labute approximate surface area is 74.0 Å². The molecule has 1 N–H and O–H groups in total. The standard InChI is InChI=1S/C8H15NO.ClH/c10-6-8-5-9-3-1-7(8)2-4-9;/h7-8,10H,1-6H2;1H.